The minimum absolute atomic E-state index is 0.373. The zero-order valence-electron chi connectivity index (χ0n) is 14.1. The summed E-state index contributed by atoms with van der Waals surface area (Å²) in [7, 11) is 0. The van der Waals surface area contributed by atoms with E-state index in [1.807, 2.05) is 11.8 Å². The molecule has 1 aliphatic heterocycles. The molecule has 3 nitrogen and oxygen atoms in total. The fourth-order valence-corrected chi connectivity index (χ4v) is 5.00. The maximum Gasteiger partial charge on any atom is 0.223 e. The first kappa shape index (κ1) is 17.3. The van der Waals surface area contributed by atoms with Crippen LogP contribution >= 0.6 is 23.1 Å². The molecule has 1 amide bonds. The van der Waals surface area contributed by atoms with Gasteiger partial charge in [-0.1, -0.05) is 0 Å². The Morgan fingerprint density at radius 1 is 1.43 bits per heavy atom. The van der Waals surface area contributed by atoms with Crippen LogP contribution in [0.25, 0.3) is 0 Å². The van der Waals surface area contributed by atoms with E-state index in [-0.39, 0.29) is 0 Å². The SMILES string of the molecule is CSCCCCC(=O)N(Cc1ccsc1)C1CC12CCNCC2. The van der Waals surface area contributed by atoms with Gasteiger partial charge in [-0.3, -0.25) is 4.79 Å². The van der Waals surface area contributed by atoms with Crippen LogP contribution in [-0.4, -0.2) is 41.9 Å². The molecule has 0 bridgehead atoms. The van der Waals surface area contributed by atoms with Gasteiger partial charge in [0.05, 0.1) is 0 Å². The Morgan fingerprint density at radius 2 is 2.26 bits per heavy atom. The quantitative estimate of drug-likeness (QED) is 0.723. The first-order valence-corrected chi connectivity index (χ1v) is 11.1. The molecule has 1 aliphatic carbocycles. The second kappa shape index (κ2) is 8.04. The maximum atomic E-state index is 12.8. The predicted octanol–water partition coefficient (Wildman–Crippen LogP) is 3.75. The average Bonchev–Trinajstić information content (AvgIpc) is 2.99. The van der Waals surface area contributed by atoms with E-state index in [2.05, 4.69) is 33.3 Å². The third kappa shape index (κ3) is 4.31. The van der Waals surface area contributed by atoms with Crippen LogP contribution in [0.15, 0.2) is 16.8 Å². The van der Waals surface area contributed by atoms with E-state index in [1.165, 1.54) is 24.8 Å². The highest BCUT2D eigenvalue weighted by molar-refractivity contribution is 7.98. The molecule has 2 aliphatic rings. The molecular formula is C18H28N2OS2. The first-order chi connectivity index (χ1) is 11.2. The Labute approximate surface area is 148 Å². The van der Waals surface area contributed by atoms with Gasteiger partial charge in [0, 0.05) is 19.0 Å². The molecule has 1 saturated carbocycles. The minimum Gasteiger partial charge on any atom is -0.335 e. The maximum absolute atomic E-state index is 12.8. The van der Waals surface area contributed by atoms with E-state index in [9.17, 15) is 4.79 Å². The first-order valence-electron chi connectivity index (χ1n) is 8.75. The van der Waals surface area contributed by atoms with Gasteiger partial charge in [0.25, 0.3) is 0 Å². The van der Waals surface area contributed by atoms with E-state index in [1.54, 1.807) is 11.3 Å². The number of nitrogens with one attached hydrogen (secondary N) is 1. The monoisotopic (exact) mass is 352 g/mol. The van der Waals surface area contributed by atoms with Gasteiger partial charge in [0.15, 0.2) is 0 Å². The van der Waals surface area contributed by atoms with Crippen molar-refractivity contribution < 1.29 is 4.79 Å². The fraction of sp³-hybridized carbons (Fsp3) is 0.722. The number of thiophene rings is 1. The largest absolute Gasteiger partial charge is 0.335 e. The Bertz CT molecular complexity index is 497. The van der Waals surface area contributed by atoms with Gasteiger partial charge in [-0.05, 0) is 85.0 Å². The average molecular weight is 353 g/mol. The van der Waals surface area contributed by atoms with Crippen molar-refractivity contribution in [3.8, 4) is 0 Å². The van der Waals surface area contributed by atoms with Gasteiger partial charge >= 0.3 is 0 Å². The summed E-state index contributed by atoms with van der Waals surface area (Å²) in [5.74, 6) is 1.54. The van der Waals surface area contributed by atoms with Crippen LogP contribution in [-0.2, 0) is 11.3 Å². The summed E-state index contributed by atoms with van der Waals surface area (Å²) in [5.41, 5.74) is 1.72. The number of amides is 1. The molecule has 23 heavy (non-hydrogen) atoms. The van der Waals surface area contributed by atoms with Crippen molar-refractivity contribution in [2.45, 2.75) is 51.1 Å². The number of rotatable bonds is 8. The molecule has 3 rings (SSSR count). The van der Waals surface area contributed by atoms with Crippen LogP contribution in [0, 0.1) is 5.41 Å². The molecule has 2 fully saturated rings. The lowest BCUT2D eigenvalue weighted by atomic mass is 9.93. The number of piperidine rings is 1. The van der Waals surface area contributed by atoms with E-state index in [0.717, 1.165) is 44.6 Å². The molecular weight excluding hydrogens is 324 g/mol. The van der Waals surface area contributed by atoms with Gasteiger partial charge in [0.2, 0.25) is 5.91 Å². The molecule has 1 unspecified atom stereocenters. The van der Waals surface area contributed by atoms with E-state index >= 15 is 0 Å². The minimum atomic E-state index is 0.373. The molecule has 2 heterocycles. The Balaban J connectivity index is 1.61. The van der Waals surface area contributed by atoms with E-state index in [0.29, 0.717) is 17.4 Å². The van der Waals surface area contributed by atoms with E-state index in [4.69, 9.17) is 0 Å². The molecule has 1 N–H and O–H groups in total. The summed E-state index contributed by atoms with van der Waals surface area (Å²) < 4.78 is 0. The summed E-state index contributed by atoms with van der Waals surface area (Å²) in [6, 6.07) is 2.65. The lowest BCUT2D eigenvalue weighted by Crippen LogP contribution is -2.39. The van der Waals surface area contributed by atoms with Crippen LogP contribution < -0.4 is 5.32 Å². The van der Waals surface area contributed by atoms with Gasteiger partial charge < -0.3 is 10.2 Å². The lowest BCUT2D eigenvalue weighted by Gasteiger charge is -2.29. The number of carbonyl (C=O) groups excluding carboxylic acids is 1. The van der Waals surface area contributed by atoms with Gasteiger partial charge in [-0.25, -0.2) is 0 Å². The van der Waals surface area contributed by atoms with Crippen LogP contribution in [0.3, 0.4) is 0 Å². The van der Waals surface area contributed by atoms with Crippen LogP contribution in [0.2, 0.25) is 0 Å². The van der Waals surface area contributed by atoms with Crippen molar-refractivity contribution in [1.29, 1.82) is 0 Å². The van der Waals surface area contributed by atoms with Crippen LogP contribution in [0.5, 0.6) is 0 Å². The second-order valence-electron chi connectivity index (χ2n) is 6.94. The number of carbonyl (C=O) groups is 1. The fourth-order valence-electron chi connectivity index (χ4n) is 3.85. The zero-order valence-corrected chi connectivity index (χ0v) is 15.7. The molecule has 0 radical (unpaired) electrons. The van der Waals surface area contributed by atoms with Gasteiger partial charge in [-0.15, -0.1) is 0 Å². The van der Waals surface area contributed by atoms with Crippen molar-refractivity contribution >= 4 is 29.0 Å². The Kier molecular flexibility index (Phi) is 6.05. The van der Waals surface area contributed by atoms with Gasteiger partial charge in [0.1, 0.15) is 0 Å². The normalized spacial score (nSPS) is 22.2. The standard InChI is InChI=1S/C18H28N2OS2/c1-22-10-3-2-4-17(21)20(13-15-5-11-23-14-15)16-12-18(16)6-8-19-9-7-18/h5,11,14,16,19H,2-4,6-10,12-13H2,1H3. The third-order valence-electron chi connectivity index (χ3n) is 5.36. The summed E-state index contributed by atoms with van der Waals surface area (Å²) >= 11 is 3.60. The number of nitrogens with zero attached hydrogens (tertiary/aromatic N) is 1. The summed E-state index contributed by atoms with van der Waals surface area (Å²) in [4.78, 5) is 15.1. The number of unbranched alkanes of at least 4 members (excludes halogenated alkanes) is 1. The van der Waals surface area contributed by atoms with E-state index < -0.39 is 0 Å². The molecule has 1 atom stereocenters. The van der Waals surface area contributed by atoms with Crippen molar-refractivity contribution in [2.24, 2.45) is 5.41 Å². The molecule has 1 saturated heterocycles. The number of hydrogen-bond donors (Lipinski definition) is 1. The molecule has 0 aromatic carbocycles. The molecule has 1 spiro atoms. The summed E-state index contributed by atoms with van der Waals surface area (Å²) in [6.45, 7) is 3.04. The summed E-state index contributed by atoms with van der Waals surface area (Å²) in [6.07, 6.45) is 8.72. The topological polar surface area (TPSA) is 32.3 Å². The number of thioether (sulfide) groups is 1. The zero-order chi connectivity index (χ0) is 16.1. The second-order valence-corrected chi connectivity index (χ2v) is 8.70. The van der Waals surface area contributed by atoms with Crippen LogP contribution in [0.4, 0.5) is 0 Å². The van der Waals surface area contributed by atoms with Crippen LogP contribution in [0.1, 0.15) is 44.1 Å². The Morgan fingerprint density at radius 3 is 2.96 bits per heavy atom. The van der Waals surface area contributed by atoms with Crippen molar-refractivity contribution in [3.05, 3.63) is 22.4 Å². The van der Waals surface area contributed by atoms with Crippen molar-refractivity contribution in [1.82, 2.24) is 10.2 Å². The van der Waals surface area contributed by atoms with Crippen molar-refractivity contribution in [2.75, 3.05) is 25.1 Å². The Hall–Kier alpha value is -0.520. The highest BCUT2D eigenvalue weighted by Crippen LogP contribution is 2.56. The smallest absolute Gasteiger partial charge is 0.223 e. The highest BCUT2D eigenvalue weighted by atomic mass is 32.2. The summed E-state index contributed by atoms with van der Waals surface area (Å²) in [5, 5.41) is 7.76. The predicted molar refractivity (Wildman–Crippen MR) is 100 cm³/mol. The lowest BCUT2D eigenvalue weighted by molar-refractivity contribution is -0.133. The molecule has 5 heteroatoms. The molecule has 128 valence electrons. The molecule has 1 aromatic rings. The van der Waals surface area contributed by atoms with Crippen molar-refractivity contribution in [3.63, 3.8) is 0 Å². The highest BCUT2D eigenvalue weighted by Gasteiger charge is 2.57. The molecule has 1 aromatic heterocycles. The third-order valence-corrected chi connectivity index (χ3v) is 6.79. The van der Waals surface area contributed by atoms with Gasteiger partial charge in [-0.2, -0.15) is 23.1 Å². The number of hydrogen-bond acceptors (Lipinski definition) is 4.